The first-order valence-electron chi connectivity index (χ1n) is 7.79. The van der Waals surface area contributed by atoms with Gasteiger partial charge in [0.25, 0.3) is 10.0 Å². The summed E-state index contributed by atoms with van der Waals surface area (Å²) in [5, 5.41) is 0. The summed E-state index contributed by atoms with van der Waals surface area (Å²) in [6, 6.07) is 24.9. The van der Waals surface area contributed by atoms with Crippen LogP contribution < -0.4 is 4.31 Å². The summed E-state index contributed by atoms with van der Waals surface area (Å²) in [4.78, 5) is 0.247. The molecule has 0 amide bonds. The number of terminal acetylenes is 1. The fraction of sp³-hybridized carbons (Fsp3) is 0.0476. The second-order valence-corrected chi connectivity index (χ2v) is 7.37. The average Bonchev–Trinajstić information content (AvgIpc) is 2.67. The van der Waals surface area contributed by atoms with Gasteiger partial charge < -0.3 is 0 Å². The van der Waals surface area contributed by atoms with Crippen molar-refractivity contribution in [3.05, 3.63) is 96.1 Å². The summed E-state index contributed by atoms with van der Waals surface area (Å²) < 4.78 is 27.8. The summed E-state index contributed by atoms with van der Waals surface area (Å²) in [7, 11) is -3.71. The van der Waals surface area contributed by atoms with E-state index >= 15 is 0 Å². The lowest BCUT2D eigenvalue weighted by molar-refractivity contribution is 0.590. The quantitative estimate of drug-likeness (QED) is 0.653. The van der Waals surface area contributed by atoms with E-state index in [-0.39, 0.29) is 11.4 Å². The van der Waals surface area contributed by atoms with E-state index < -0.39 is 10.0 Å². The molecule has 0 unspecified atom stereocenters. The van der Waals surface area contributed by atoms with Crippen molar-refractivity contribution in [1.82, 2.24) is 0 Å². The van der Waals surface area contributed by atoms with Crippen LogP contribution in [0, 0.1) is 12.3 Å². The molecule has 0 aliphatic heterocycles. The SMILES string of the molecule is C#Cc1cccc(N(Cc2ccccc2)S(=O)(=O)c2ccccc2)c1. The van der Waals surface area contributed by atoms with Gasteiger partial charge in [0, 0.05) is 5.56 Å². The van der Waals surface area contributed by atoms with Crippen LogP contribution in [0.1, 0.15) is 11.1 Å². The lowest BCUT2D eigenvalue weighted by Gasteiger charge is -2.25. The number of benzene rings is 3. The Kier molecular flexibility index (Phi) is 4.87. The lowest BCUT2D eigenvalue weighted by atomic mass is 10.2. The van der Waals surface area contributed by atoms with E-state index in [4.69, 9.17) is 6.42 Å². The number of rotatable bonds is 5. The molecule has 0 atom stereocenters. The summed E-state index contributed by atoms with van der Waals surface area (Å²) in [5.41, 5.74) is 2.08. The first-order valence-corrected chi connectivity index (χ1v) is 9.23. The molecule has 0 N–H and O–H groups in total. The maximum atomic E-state index is 13.2. The highest BCUT2D eigenvalue weighted by Crippen LogP contribution is 2.26. The maximum Gasteiger partial charge on any atom is 0.264 e. The van der Waals surface area contributed by atoms with E-state index in [1.165, 1.54) is 4.31 Å². The van der Waals surface area contributed by atoms with Gasteiger partial charge in [0.2, 0.25) is 0 Å². The largest absolute Gasteiger partial charge is 0.264 e. The van der Waals surface area contributed by atoms with Crippen LogP contribution in [0.4, 0.5) is 5.69 Å². The standard InChI is InChI=1S/C21H17NO2S/c1-2-18-12-9-13-20(16-18)22(17-19-10-5-3-6-11-19)25(23,24)21-14-7-4-8-15-21/h1,3-16H,17H2. The molecular formula is C21H17NO2S. The second-order valence-electron chi connectivity index (χ2n) is 5.50. The third kappa shape index (κ3) is 3.73. The van der Waals surface area contributed by atoms with Crippen LogP contribution in [0.2, 0.25) is 0 Å². The van der Waals surface area contributed by atoms with Gasteiger partial charge in [-0.05, 0) is 35.9 Å². The molecule has 0 spiro atoms. The Morgan fingerprint density at radius 3 is 2.12 bits per heavy atom. The number of anilines is 1. The average molecular weight is 347 g/mol. The van der Waals surface area contributed by atoms with Crippen LogP contribution in [0.15, 0.2) is 89.8 Å². The molecule has 0 bridgehead atoms. The molecule has 124 valence electrons. The fourth-order valence-electron chi connectivity index (χ4n) is 2.53. The Hall–Kier alpha value is -3.03. The molecule has 3 aromatic rings. The minimum Gasteiger partial charge on any atom is -0.262 e. The second kappa shape index (κ2) is 7.25. The van der Waals surface area contributed by atoms with E-state index in [0.29, 0.717) is 11.3 Å². The summed E-state index contributed by atoms with van der Waals surface area (Å²) >= 11 is 0. The number of sulfonamides is 1. The Morgan fingerprint density at radius 1 is 0.840 bits per heavy atom. The first-order chi connectivity index (χ1) is 12.1. The zero-order chi connectivity index (χ0) is 17.7. The molecule has 0 aromatic heterocycles. The van der Waals surface area contributed by atoms with Crippen molar-refractivity contribution >= 4 is 15.7 Å². The van der Waals surface area contributed by atoms with Crippen molar-refractivity contribution in [3.63, 3.8) is 0 Å². The van der Waals surface area contributed by atoms with Gasteiger partial charge in [-0.15, -0.1) is 6.42 Å². The van der Waals surface area contributed by atoms with Gasteiger partial charge in [-0.2, -0.15) is 0 Å². The highest BCUT2D eigenvalue weighted by molar-refractivity contribution is 7.92. The molecule has 3 aromatic carbocycles. The lowest BCUT2D eigenvalue weighted by Crippen LogP contribution is -2.30. The third-order valence-electron chi connectivity index (χ3n) is 3.80. The van der Waals surface area contributed by atoms with E-state index in [0.717, 1.165) is 5.56 Å². The third-order valence-corrected chi connectivity index (χ3v) is 5.59. The molecule has 0 aliphatic rings. The topological polar surface area (TPSA) is 37.4 Å². The van der Waals surface area contributed by atoms with Crippen LogP contribution in [0.5, 0.6) is 0 Å². The highest BCUT2D eigenvalue weighted by atomic mass is 32.2. The van der Waals surface area contributed by atoms with Crippen LogP contribution in [-0.4, -0.2) is 8.42 Å². The summed E-state index contributed by atoms with van der Waals surface area (Å²) in [6.45, 7) is 0.228. The van der Waals surface area contributed by atoms with Gasteiger partial charge in [-0.25, -0.2) is 8.42 Å². The molecule has 0 aliphatic carbocycles. The molecule has 0 saturated carbocycles. The predicted molar refractivity (Wildman–Crippen MR) is 101 cm³/mol. The van der Waals surface area contributed by atoms with Crippen molar-refractivity contribution < 1.29 is 8.42 Å². The van der Waals surface area contributed by atoms with E-state index in [9.17, 15) is 8.42 Å². The predicted octanol–water partition coefficient (Wildman–Crippen LogP) is 4.06. The minimum atomic E-state index is -3.71. The van der Waals surface area contributed by atoms with Crippen molar-refractivity contribution in [1.29, 1.82) is 0 Å². The van der Waals surface area contributed by atoms with Crippen LogP contribution in [0.3, 0.4) is 0 Å². The Labute approximate surface area is 148 Å². The first kappa shape index (κ1) is 16.8. The zero-order valence-corrected chi connectivity index (χ0v) is 14.4. The molecule has 3 rings (SSSR count). The van der Waals surface area contributed by atoms with Crippen molar-refractivity contribution in [2.45, 2.75) is 11.4 Å². The van der Waals surface area contributed by atoms with Gasteiger partial charge >= 0.3 is 0 Å². The van der Waals surface area contributed by atoms with Crippen LogP contribution in [0.25, 0.3) is 0 Å². The minimum absolute atomic E-state index is 0.228. The summed E-state index contributed by atoms with van der Waals surface area (Å²) in [6.07, 6.45) is 5.47. The van der Waals surface area contributed by atoms with Crippen molar-refractivity contribution in [2.24, 2.45) is 0 Å². The normalized spacial score (nSPS) is 10.8. The Bertz CT molecular complexity index is 991. The molecule has 0 fully saturated rings. The van der Waals surface area contributed by atoms with Gasteiger partial charge in [0.1, 0.15) is 0 Å². The zero-order valence-electron chi connectivity index (χ0n) is 13.5. The number of hydrogen-bond donors (Lipinski definition) is 0. The fourth-order valence-corrected chi connectivity index (χ4v) is 4.00. The molecular weight excluding hydrogens is 330 g/mol. The Morgan fingerprint density at radius 2 is 1.48 bits per heavy atom. The van der Waals surface area contributed by atoms with E-state index in [2.05, 4.69) is 5.92 Å². The molecule has 0 heterocycles. The van der Waals surface area contributed by atoms with Crippen molar-refractivity contribution in [3.8, 4) is 12.3 Å². The summed E-state index contributed by atoms with van der Waals surface area (Å²) in [5.74, 6) is 2.56. The van der Waals surface area contributed by atoms with E-state index in [1.54, 1.807) is 54.6 Å². The monoisotopic (exact) mass is 347 g/mol. The van der Waals surface area contributed by atoms with Crippen molar-refractivity contribution in [2.75, 3.05) is 4.31 Å². The van der Waals surface area contributed by atoms with E-state index in [1.807, 2.05) is 30.3 Å². The van der Waals surface area contributed by atoms with Gasteiger partial charge in [0.15, 0.2) is 0 Å². The van der Waals surface area contributed by atoms with Gasteiger partial charge in [0.05, 0.1) is 17.1 Å². The van der Waals surface area contributed by atoms with Gasteiger partial charge in [-0.3, -0.25) is 4.31 Å². The van der Waals surface area contributed by atoms with Gasteiger partial charge in [-0.1, -0.05) is 60.5 Å². The molecule has 0 radical (unpaired) electrons. The van der Waals surface area contributed by atoms with Crippen LogP contribution in [-0.2, 0) is 16.6 Å². The number of hydrogen-bond acceptors (Lipinski definition) is 2. The molecule has 25 heavy (non-hydrogen) atoms. The Balaban J connectivity index is 2.10. The maximum absolute atomic E-state index is 13.2. The molecule has 3 nitrogen and oxygen atoms in total. The molecule has 4 heteroatoms. The number of nitrogens with zero attached hydrogens (tertiary/aromatic N) is 1. The highest BCUT2D eigenvalue weighted by Gasteiger charge is 2.25. The van der Waals surface area contributed by atoms with Crippen LogP contribution >= 0.6 is 0 Å². The molecule has 0 saturated heterocycles. The smallest absolute Gasteiger partial charge is 0.262 e.